The van der Waals surface area contributed by atoms with Crippen molar-refractivity contribution in [3.8, 4) is 0 Å². The molecule has 3 rings (SSSR count). The molecule has 2 aliphatic rings. The molecular formula is C13H17N3O3S. The van der Waals surface area contributed by atoms with Crippen molar-refractivity contribution < 1.29 is 13.2 Å². The van der Waals surface area contributed by atoms with Crippen LogP contribution in [-0.4, -0.2) is 37.8 Å². The first kappa shape index (κ1) is 13.4. The Labute approximate surface area is 118 Å². The molecule has 0 aliphatic carbocycles. The van der Waals surface area contributed by atoms with Gasteiger partial charge in [0.25, 0.3) is 0 Å². The van der Waals surface area contributed by atoms with E-state index in [1.807, 2.05) is 0 Å². The normalized spacial score (nSPS) is 27.1. The van der Waals surface area contributed by atoms with Crippen molar-refractivity contribution in [1.29, 1.82) is 0 Å². The Hall–Kier alpha value is -1.60. The van der Waals surface area contributed by atoms with Crippen LogP contribution in [0.3, 0.4) is 0 Å². The predicted octanol–water partition coefficient (Wildman–Crippen LogP) is 0.168. The molecule has 2 heterocycles. The highest BCUT2D eigenvalue weighted by Crippen LogP contribution is 2.33. The van der Waals surface area contributed by atoms with Crippen molar-refractivity contribution in [2.45, 2.75) is 23.8 Å². The maximum Gasteiger partial charge on any atom is 0.245 e. The Bertz CT molecular complexity index is 644. The first-order valence-electron chi connectivity index (χ1n) is 6.66. The summed E-state index contributed by atoms with van der Waals surface area (Å²) in [5, 5.41) is 2.75. The summed E-state index contributed by atoms with van der Waals surface area (Å²) in [7, 11) is -3.65. The van der Waals surface area contributed by atoms with E-state index < -0.39 is 10.0 Å². The van der Waals surface area contributed by atoms with Gasteiger partial charge in [-0.15, -0.1) is 0 Å². The Morgan fingerprint density at radius 3 is 2.80 bits per heavy atom. The number of piperidine rings is 1. The average Bonchev–Trinajstić information content (AvgIpc) is 2.81. The van der Waals surface area contributed by atoms with Crippen LogP contribution < -0.4 is 11.1 Å². The third kappa shape index (κ3) is 1.97. The summed E-state index contributed by atoms with van der Waals surface area (Å²) in [6.45, 7) is 0.822. The predicted molar refractivity (Wildman–Crippen MR) is 74.3 cm³/mol. The number of nitrogen functional groups attached to an aromatic ring is 1. The minimum absolute atomic E-state index is 0.0454. The summed E-state index contributed by atoms with van der Waals surface area (Å²) in [5.74, 6) is -0.278. The van der Waals surface area contributed by atoms with Crippen molar-refractivity contribution >= 4 is 21.6 Å². The minimum Gasteiger partial charge on any atom is -0.398 e. The van der Waals surface area contributed by atoms with Crippen LogP contribution in [0.2, 0.25) is 0 Å². The van der Waals surface area contributed by atoms with Gasteiger partial charge in [-0.3, -0.25) is 4.79 Å². The molecule has 20 heavy (non-hydrogen) atoms. The van der Waals surface area contributed by atoms with Crippen LogP contribution in [-0.2, 0) is 14.8 Å². The number of para-hydroxylation sites is 1. The number of anilines is 1. The fourth-order valence-corrected chi connectivity index (χ4v) is 4.87. The quantitative estimate of drug-likeness (QED) is 0.761. The number of sulfonamides is 1. The molecule has 0 saturated carbocycles. The first-order chi connectivity index (χ1) is 9.51. The number of carbonyl (C=O) groups is 1. The second kappa shape index (κ2) is 4.75. The molecule has 3 N–H and O–H groups in total. The molecule has 1 aromatic rings. The van der Waals surface area contributed by atoms with Gasteiger partial charge < -0.3 is 11.1 Å². The van der Waals surface area contributed by atoms with E-state index in [0.29, 0.717) is 19.5 Å². The molecule has 2 fully saturated rings. The number of carbonyl (C=O) groups excluding carboxylic acids is 1. The summed E-state index contributed by atoms with van der Waals surface area (Å²) in [5.41, 5.74) is 6.03. The standard InChI is InChI=1S/C13H17N3O3S/c14-10-5-1-2-6-12(10)20(18,19)16-7-3-4-9-11(16)8-15-13(9)17/h1-2,5-6,9,11H,3-4,7-8,14H2,(H,15,17). The highest BCUT2D eigenvalue weighted by molar-refractivity contribution is 7.89. The molecule has 7 heteroatoms. The van der Waals surface area contributed by atoms with E-state index in [-0.39, 0.29) is 28.4 Å². The van der Waals surface area contributed by atoms with Crippen molar-refractivity contribution in [2.24, 2.45) is 5.92 Å². The number of hydrogen-bond acceptors (Lipinski definition) is 4. The zero-order chi connectivity index (χ0) is 14.3. The third-order valence-electron chi connectivity index (χ3n) is 4.06. The number of rotatable bonds is 2. The number of benzene rings is 1. The van der Waals surface area contributed by atoms with E-state index in [0.717, 1.165) is 6.42 Å². The van der Waals surface area contributed by atoms with E-state index in [9.17, 15) is 13.2 Å². The van der Waals surface area contributed by atoms with Crippen LogP contribution in [0.15, 0.2) is 29.2 Å². The fraction of sp³-hybridized carbons (Fsp3) is 0.462. The molecule has 0 spiro atoms. The molecule has 6 nitrogen and oxygen atoms in total. The highest BCUT2D eigenvalue weighted by atomic mass is 32.2. The smallest absolute Gasteiger partial charge is 0.245 e. The zero-order valence-corrected chi connectivity index (χ0v) is 11.8. The van der Waals surface area contributed by atoms with Crippen molar-refractivity contribution in [1.82, 2.24) is 9.62 Å². The second-order valence-corrected chi connectivity index (χ2v) is 7.07. The van der Waals surface area contributed by atoms with Crippen LogP contribution in [0, 0.1) is 5.92 Å². The van der Waals surface area contributed by atoms with Gasteiger partial charge in [0.05, 0.1) is 17.6 Å². The summed E-state index contributed by atoms with van der Waals surface area (Å²) in [6.07, 6.45) is 1.44. The molecular weight excluding hydrogens is 278 g/mol. The molecule has 0 aromatic heterocycles. The van der Waals surface area contributed by atoms with Gasteiger partial charge in [-0.25, -0.2) is 8.42 Å². The monoisotopic (exact) mass is 295 g/mol. The van der Waals surface area contributed by atoms with E-state index in [4.69, 9.17) is 5.73 Å². The third-order valence-corrected chi connectivity index (χ3v) is 6.05. The Balaban J connectivity index is 1.99. The van der Waals surface area contributed by atoms with Gasteiger partial charge in [-0.1, -0.05) is 12.1 Å². The Morgan fingerprint density at radius 1 is 1.30 bits per heavy atom. The average molecular weight is 295 g/mol. The van der Waals surface area contributed by atoms with Gasteiger partial charge >= 0.3 is 0 Å². The maximum absolute atomic E-state index is 12.8. The zero-order valence-electron chi connectivity index (χ0n) is 11.0. The van der Waals surface area contributed by atoms with Gasteiger partial charge in [0.1, 0.15) is 4.90 Å². The lowest BCUT2D eigenvalue weighted by Crippen LogP contribution is -2.48. The van der Waals surface area contributed by atoms with Gasteiger partial charge in [0, 0.05) is 13.1 Å². The SMILES string of the molecule is Nc1ccccc1S(=O)(=O)N1CCCC2C(=O)NCC21. The summed E-state index contributed by atoms with van der Waals surface area (Å²) < 4.78 is 27.0. The molecule has 2 aliphatic heterocycles. The number of amides is 1. The van der Waals surface area contributed by atoms with Gasteiger partial charge in [0.15, 0.2) is 0 Å². The molecule has 0 bridgehead atoms. The van der Waals surface area contributed by atoms with E-state index in [1.54, 1.807) is 18.2 Å². The summed E-state index contributed by atoms with van der Waals surface area (Å²) in [6, 6.07) is 6.16. The molecule has 2 atom stereocenters. The fourth-order valence-electron chi connectivity index (χ4n) is 3.05. The first-order valence-corrected chi connectivity index (χ1v) is 8.10. The van der Waals surface area contributed by atoms with Crippen LogP contribution in [0.5, 0.6) is 0 Å². The highest BCUT2D eigenvalue weighted by Gasteiger charge is 2.45. The van der Waals surface area contributed by atoms with Crippen LogP contribution in [0.1, 0.15) is 12.8 Å². The Kier molecular flexibility index (Phi) is 3.18. The molecule has 2 saturated heterocycles. The maximum atomic E-state index is 12.8. The van der Waals surface area contributed by atoms with Crippen molar-refractivity contribution in [3.63, 3.8) is 0 Å². The molecule has 1 amide bonds. The topological polar surface area (TPSA) is 92.5 Å². The van der Waals surface area contributed by atoms with E-state index in [2.05, 4.69) is 5.32 Å². The number of hydrogen-bond donors (Lipinski definition) is 2. The second-order valence-electron chi connectivity index (χ2n) is 5.21. The van der Waals surface area contributed by atoms with Gasteiger partial charge in [0.2, 0.25) is 15.9 Å². The van der Waals surface area contributed by atoms with Crippen molar-refractivity contribution in [3.05, 3.63) is 24.3 Å². The lowest BCUT2D eigenvalue weighted by molar-refractivity contribution is -0.123. The summed E-state index contributed by atoms with van der Waals surface area (Å²) >= 11 is 0. The number of nitrogens with one attached hydrogen (secondary N) is 1. The van der Waals surface area contributed by atoms with E-state index in [1.165, 1.54) is 10.4 Å². The summed E-state index contributed by atoms with van der Waals surface area (Å²) in [4.78, 5) is 11.9. The Morgan fingerprint density at radius 2 is 2.05 bits per heavy atom. The lowest BCUT2D eigenvalue weighted by atomic mass is 9.93. The van der Waals surface area contributed by atoms with Crippen LogP contribution in [0.25, 0.3) is 0 Å². The number of fused-ring (bicyclic) bond motifs is 1. The number of nitrogens with two attached hydrogens (primary N) is 1. The lowest BCUT2D eigenvalue weighted by Gasteiger charge is -2.34. The van der Waals surface area contributed by atoms with Crippen LogP contribution >= 0.6 is 0 Å². The molecule has 1 aromatic carbocycles. The van der Waals surface area contributed by atoms with Crippen LogP contribution in [0.4, 0.5) is 5.69 Å². The van der Waals surface area contributed by atoms with Gasteiger partial charge in [-0.05, 0) is 25.0 Å². The molecule has 0 radical (unpaired) electrons. The number of nitrogens with zero attached hydrogens (tertiary/aromatic N) is 1. The van der Waals surface area contributed by atoms with Gasteiger partial charge in [-0.2, -0.15) is 4.31 Å². The van der Waals surface area contributed by atoms with Crippen molar-refractivity contribution in [2.75, 3.05) is 18.8 Å². The van der Waals surface area contributed by atoms with E-state index >= 15 is 0 Å². The largest absolute Gasteiger partial charge is 0.398 e. The minimum atomic E-state index is -3.65. The molecule has 2 unspecified atom stereocenters. The molecule has 108 valence electrons.